The maximum absolute atomic E-state index is 10.3. The van der Waals surface area contributed by atoms with E-state index in [1.807, 2.05) is 0 Å². The molecule has 0 aromatic rings. The molecule has 9 heavy (non-hydrogen) atoms. The lowest BCUT2D eigenvalue weighted by molar-refractivity contribution is 0.204. The fraction of sp³-hybridized carbons (Fsp3) is 0. The Morgan fingerprint density at radius 2 is 2.56 bits per heavy atom. The van der Waals surface area contributed by atoms with Crippen LogP contribution in [0.3, 0.4) is 0 Å². The molecule has 6 heteroatoms. The molecule has 1 rings (SSSR count). The maximum Gasteiger partial charge on any atom is 0.339 e. The summed E-state index contributed by atoms with van der Waals surface area (Å²) in [5.74, 6) is 0. The molecular weight excluding hydrogens is 122 g/mol. The number of nitrogens with one attached hydrogen (secondary N) is 1. The summed E-state index contributed by atoms with van der Waals surface area (Å²) in [6, 6.07) is -0.620. The topological polar surface area (TPSA) is 83.1 Å². The van der Waals surface area contributed by atoms with Crippen molar-refractivity contribution in [3.63, 3.8) is 0 Å². The van der Waals surface area contributed by atoms with Gasteiger partial charge in [0.05, 0.1) is 12.4 Å². The summed E-state index contributed by atoms with van der Waals surface area (Å²) in [6.07, 6.45) is 2.72. The first-order valence-electron chi connectivity index (χ1n) is 2.21. The van der Waals surface area contributed by atoms with Crippen LogP contribution in [0, 0.1) is 0 Å². The highest BCUT2D eigenvalue weighted by molar-refractivity contribution is 5.72. The van der Waals surface area contributed by atoms with Gasteiger partial charge in [-0.2, -0.15) is 10.5 Å². The van der Waals surface area contributed by atoms with E-state index in [0.717, 1.165) is 5.01 Å². The van der Waals surface area contributed by atoms with Crippen molar-refractivity contribution in [2.24, 2.45) is 16.1 Å². The molecule has 1 aliphatic heterocycles. The zero-order chi connectivity index (χ0) is 6.69. The maximum atomic E-state index is 10.3. The summed E-state index contributed by atoms with van der Waals surface area (Å²) < 4.78 is 0. The summed E-state index contributed by atoms with van der Waals surface area (Å²) in [5.41, 5.74) is 7.09. The van der Waals surface area contributed by atoms with Gasteiger partial charge in [-0.15, -0.1) is 5.11 Å². The summed E-state index contributed by atoms with van der Waals surface area (Å²) in [5, 5.41) is 7.69. The van der Waals surface area contributed by atoms with Gasteiger partial charge in [-0.05, 0) is 0 Å². The second kappa shape index (κ2) is 2.12. The number of urea groups is 1. The van der Waals surface area contributed by atoms with E-state index in [9.17, 15) is 4.79 Å². The molecule has 0 spiro atoms. The van der Waals surface area contributed by atoms with Crippen molar-refractivity contribution in [3.05, 3.63) is 12.4 Å². The first-order valence-corrected chi connectivity index (χ1v) is 2.21. The predicted octanol–water partition coefficient (Wildman–Crippen LogP) is -0.276. The molecule has 0 fully saturated rings. The minimum atomic E-state index is -0.620. The fourth-order valence-electron chi connectivity index (χ4n) is 0.360. The van der Waals surface area contributed by atoms with Gasteiger partial charge >= 0.3 is 6.03 Å². The Hall–Kier alpha value is -1.59. The Bertz CT molecular complexity index is 173. The van der Waals surface area contributed by atoms with Crippen molar-refractivity contribution in [2.75, 3.05) is 0 Å². The van der Waals surface area contributed by atoms with Crippen LogP contribution in [0.5, 0.6) is 0 Å². The number of hydrogen-bond donors (Lipinski definition) is 2. The lowest BCUT2D eigenvalue weighted by atomic mass is 10.8. The number of primary amides is 1. The summed E-state index contributed by atoms with van der Waals surface area (Å²) in [6.45, 7) is 0. The monoisotopic (exact) mass is 127 g/mol. The van der Waals surface area contributed by atoms with Crippen molar-refractivity contribution in [1.82, 2.24) is 10.5 Å². The molecule has 0 aromatic carbocycles. The third-order valence-corrected chi connectivity index (χ3v) is 0.730. The molecule has 0 aliphatic carbocycles. The Kier molecular flexibility index (Phi) is 1.31. The minimum Gasteiger partial charge on any atom is -0.350 e. The Labute approximate surface area is 51.0 Å². The highest BCUT2D eigenvalue weighted by Gasteiger charge is 2.04. The summed E-state index contributed by atoms with van der Waals surface area (Å²) in [7, 11) is 0. The largest absolute Gasteiger partial charge is 0.350 e. The predicted molar refractivity (Wildman–Crippen MR) is 28.6 cm³/mol. The van der Waals surface area contributed by atoms with E-state index in [2.05, 4.69) is 15.9 Å². The van der Waals surface area contributed by atoms with Gasteiger partial charge in [-0.1, -0.05) is 5.22 Å². The third-order valence-electron chi connectivity index (χ3n) is 0.730. The first-order chi connectivity index (χ1) is 4.30. The van der Waals surface area contributed by atoms with E-state index < -0.39 is 6.03 Å². The van der Waals surface area contributed by atoms with Crippen molar-refractivity contribution in [3.8, 4) is 0 Å². The van der Waals surface area contributed by atoms with Gasteiger partial charge in [0.1, 0.15) is 0 Å². The van der Waals surface area contributed by atoms with Gasteiger partial charge in [-0.3, -0.25) is 0 Å². The zero-order valence-electron chi connectivity index (χ0n) is 4.48. The van der Waals surface area contributed by atoms with Crippen LogP contribution in [0.4, 0.5) is 4.79 Å². The quantitative estimate of drug-likeness (QED) is 0.469. The van der Waals surface area contributed by atoms with E-state index in [1.54, 1.807) is 0 Å². The number of nitrogens with zero attached hydrogens (tertiary/aromatic N) is 3. The smallest absolute Gasteiger partial charge is 0.339 e. The molecule has 6 nitrogen and oxygen atoms in total. The molecule has 1 heterocycles. The van der Waals surface area contributed by atoms with Crippen LogP contribution < -0.4 is 11.3 Å². The van der Waals surface area contributed by atoms with Gasteiger partial charge < -0.3 is 5.73 Å². The number of nitrogens with two attached hydrogens (primary N) is 1. The summed E-state index contributed by atoms with van der Waals surface area (Å²) in [4.78, 5) is 10.3. The Morgan fingerprint density at radius 1 is 1.78 bits per heavy atom. The molecule has 0 bridgehead atoms. The van der Waals surface area contributed by atoms with Crippen LogP contribution in [0.15, 0.2) is 22.7 Å². The highest BCUT2D eigenvalue weighted by atomic mass is 16.2. The van der Waals surface area contributed by atoms with Gasteiger partial charge in [0, 0.05) is 0 Å². The molecule has 3 N–H and O–H groups in total. The Balaban J connectivity index is 2.56. The van der Waals surface area contributed by atoms with E-state index in [0.29, 0.717) is 0 Å². The van der Waals surface area contributed by atoms with Crippen LogP contribution in [0.1, 0.15) is 0 Å². The number of carbonyl (C=O) groups is 1. The second-order valence-corrected chi connectivity index (χ2v) is 1.32. The van der Waals surface area contributed by atoms with Crippen molar-refractivity contribution in [1.29, 1.82) is 0 Å². The molecule has 0 atom stereocenters. The van der Waals surface area contributed by atoms with Crippen molar-refractivity contribution >= 4 is 6.03 Å². The van der Waals surface area contributed by atoms with Crippen LogP contribution in [-0.4, -0.2) is 11.0 Å². The van der Waals surface area contributed by atoms with Crippen LogP contribution in [-0.2, 0) is 0 Å². The average Bonchev–Trinajstić information content (AvgIpc) is 1.90. The summed E-state index contributed by atoms with van der Waals surface area (Å²) >= 11 is 0. The molecule has 1 aliphatic rings. The standard InChI is InChI=1S/C3H5N5O/c4-3(9)8-2-1-5-6-7-8/h1-2H,(H2,4,9)(H,5,7). The molecule has 0 aromatic heterocycles. The molecular formula is C3H5N5O. The fourth-order valence-corrected chi connectivity index (χ4v) is 0.360. The van der Waals surface area contributed by atoms with Crippen LogP contribution in [0.25, 0.3) is 0 Å². The van der Waals surface area contributed by atoms with Crippen LogP contribution in [0.2, 0.25) is 0 Å². The van der Waals surface area contributed by atoms with Crippen LogP contribution >= 0.6 is 0 Å². The van der Waals surface area contributed by atoms with Gasteiger partial charge in [0.15, 0.2) is 0 Å². The lowest BCUT2D eigenvalue weighted by Crippen LogP contribution is -2.39. The second-order valence-electron chi connectivity index (χ2n) is 1.32. The SMILES string of the molecule is NC(=O)N1C=CN=NN1. The molecule has 0 radical (unpaired) electrons. The van der Waals surface area contributed by atoms with Gasteiger partial charge in [0.25, 0.3) is 0 Å². The zero-order valence-corrected chi connectivity index (χ0v) is 4.48. The van der Waals surface area contributed by atoms with E-state index in [4.69, 9.17) is 5.73 Å². The molecule has 0 saturated heterocycles. The number of hydrogen-bond acceptors (Lipinski definition) is 4. The minimum absolute atomic E-state index is 0.620. The van der Waals surface area contributed by atoms with E-state index in [-0.39, 0.29) is 0 Å². The molecule has 0 saturated carbocycles. The number of rotatable bonds is 0. The number of carbonyl (C=O) groups excluding carboxylic acids is 1. The number of amides is 2. The van der Waals surface area contributed by atoms with Gasteiger partial charge in [-0.25, -0.2) is 4.79 Å². The van der Waals surface area contributed by atoms with Crippen molar-refractivity contribution < 1.29 is 4.79 Å². The highest BCUT2D eigenvalue weighted by Crippen LogP contribution is 1.90. The van der Waals surface area contributed by atoms with E-state index in [1.165, 1.54) is 12.4 Å². The van der Waals surface area contributed by atoms with Gasteiger partial charge in [0.2, 0.25) is 0 Å². The molecule has 48 valence electrons. The average molecular weight is 127 g/mol. The first kappa shape index (κ1) is 5.54. The van der Waals surface area contributed by atoms with E-state index >= 15 is 0 Å². The molecule has 2 amide bonds. The molecule has 0 unspecified atom stereocenters. The lowest BCUT2D eigenvalue weighted by Gasteiger charge is -2.13. The third kappa shape index (κ3) is 1.15. The van der Waals surface area contributed by atoms with Crippen molar-refractivity contribution in [2.45, 2.75) is 0 Å². The Morgan fingerprint density at radius 3 is 2.89 bits per heavy atom. The normalized spacial score (nSPS) is 15.3. The number of hydrazine groups is 1.